The third kappa shape index (κ3) is 2.49. The molecule has 84 valence electrons. The lowest BCUT2D eigenvalue weighted by Gasteiger charge is -2.10. The average Bonchev–Trinajstić information content (AvgIpc) is 2.68. The molecular formula is C13H15NO2. The second-order valence-electron chi connectivity index (χ2n) is 3.98. The molecule has 0 spiro atoms. The Bertz CT molecular complexity index is 443. The van der Waals surface area contributed by atoms with E-state index in [1.807, 2.05) is 38.1 Å². The Hall–Kier alpha value is -1.61. The van der Waals surface area contributed by atoms with Crippen molar-refractivity contribution in [3.63, 3.8) is 0 Å². The molecule has 0 aliphatic rings. The lowest BCUT2D eigenvalue weighted by atomic mass is 10.0. The van der Waals surface area contributed by atoms with E-state index in [0.717, 1.165) is 22.7 Å². The smallest absolute Gasteiger partial charge is 0.106 e. The summed E-state index contributed by atoms with van der Waals surface area (Å²) in [6.07, 6.45) is 1.58. The van der Waals surface area contributed by atoms with Gasteiger partial charge in [-0.1, -0.05) is 0 Å². The van der Waals surface area contributed by atoms with Crippen LogP contribution in [0.15, 0.2) is 34.9 Å². The molecule has 0 radical (unpaired) electrons. The normalized spacial score (nSPS) is 12.7. The predicted octanol–water partition coefficient (Wildman–Crippen LogP) is 2.57. The number of hydrogen-bond acceptors (Lipinski definition) is 3. The number of pyridine rings is 1. The first-order chi connectivity index (χ1) is 7.65. The Balaban J connectivity index is 2.17. The van der Waals surface area contributed by atoms with Gasteiger partial charge in [-0.05, 0) is 43.7 Å². The molecule has 1 N–H and O–H groups in total. The third-order valence-corrected chi connectivity index (χ3v) is 2.46. The van der Waals surface area contributed by atoms with Crippen LogP contribution in [0.5, 0.6) is 0 Å². The molecule has 16 heavy (non-hydrogen) atoms. The zero-order chi connectivity index (χ0) is 11.5. The number of nitrogens with zero attached hydrogens (tertiary/aromatic N) is 1. The van der Waals surface area contributed by atoms with E-state index in [1.54, 1.807) is 6.26 Å². The standard InChI is InChI=1S/C13H15NO2/c1-9-6-11(7-10(2)14-9)13(15)8-12-4-3-5-16-12/h3-7,13,15H,8H2,1-2H3. The van der Waals surface area contributed by atoms with Gasteiger partial charge in [-0.2, -0.15) is 0 Å². The van der Waals surface area contributed by atoms with Crippen LogP contribution in [-0.4, -0.2) is 10.1 Å². The van der Waals surface area contributed by atoms with Crippen LogP contribution in [0.25, 0.3) is 0 Å². The Kier molecular flexibility index (Phi) is 3.06. The summed E-state index contributed by atoms with van der Waals surface area (Å²) in [5.74, 6) is 0.791. The maximum Gasteiger partial charge on any atom is 0.106 e. The minimum absolute atomic E-state index is 0.496. The number of rotatable bonds is 3. The van der Waals surface area contributed by atoms with Gasteiger partial charge in [0.1, 0.15) is 5.76 Å². The largest absolute Gasteiger partial charge is 0.469 e. The van der Waals surface area contributed by atoms with Gasteiger partial charge in [0.15, 0.2) is 0 Å². The van der Waals surface area contributed by atoms with Crippen LogP contribution in [0.1, 0.15) is 28.8 Å². The highest BCUT2D eigenvalue weighted by Crippen LogP contribution is 2.19. The molecule has 0 saturated heterocycles. The summed E-state index contributed by atoms with van der Waals surface area (Å²) in [5.41, 5.74) is 2.74. The molecule has 0 aromatic carbocycles. The van der Waals surface area contributed by atoms with Crippen molar-refractivity contribution in [2.24, 2.45) is 0 Å². The fourth-order valence-corrected chi connectivity index (χ4v) is 1.80. The second kappa shape index (κ2) is 4.49. The Morgan fingerprint density at radius 3 is 2.56 bits per heavy atom. The first kappa shape index (κ1) is 10.9. The number of aliphatic hydroxyl groups is 1. The zero-order valence-corrected chi connectivity index (χ0v) is 9.47. The molecule has 0 saturated carbocycles. The summed E-state index contributed by atoms with van der Waals surface area (Å²) in [7, 11) is 0. The van der Waals surface area contributed by atoms with E-state index in [4.69, 9.17) is 4.42 Å². The fraction of sp³-hybridized carbons (Fsp3) is 0.308. The van der Waals surface area contributed by atoms with Gasteiger partial charge in [0.05, 0.1) is 12.4 Å². The molecule has 2 heterocycles. The highest BCUT2D eigenvalue weighted by atomic mass is 16.3. The molecule has 0 amide bonds. The van der Waals surface area contributed by atoms with Crippen LogP contribution in [0, 0.1) is 13.8 Å². The lowest BCUT2D eigenvalue weighted by molar-refractivity contribution is 0.170. The minimum Gasteiger partial charge on any atom is -0.469 e. The minimum atomic E-state index is -0.536. The first-order valence-corrected chi connectivity index (χ1v) is 5.31. The topological polar surface area (TPSA) is 46.3 Å². The summed E-state index contributed by atoms with van der Waals surface area (Å²) in [5, 5.41) is 10.1. The Labute approximate surface area is 94.8 Å². The van der Waals surface area contributed by atoms with Crippen molar-refractivity contribution in [3.05, 3.63) is 53.2 Å². The quantitative estimate of drug-likeness (QED) is 0.859. The molecule has 2 rings (SSSR count). The van der Waals surface area contributed by atoms with Crippen molar-refractivity contribution >= 4 is 0 Å². The van der Waals surface area contributed by atoms with Crippen molar-refractivity contribution < 1.29 is 9.52 Å². The fourth-order valence-electron chi connectivity index (χ4n) is 1.80. The zero-order valence-electron chi connectivity index (χ0n) is 9.47. The SMILES string of the molecule is Cc1cc(C(O)Cc2ccco2)cc(C)n1. The Morgan fingerprint density at radius 2 is 2.00 bits per heavy atom. The molecule has 3 nitrogen and oxygen atoms in total. The molecule has 0 aliphatic carbocycles. The number of aryl methyl sites for hydroxylation is 2. The maximum atomic E-state index is 10.1. The predicted molar refractivity (Wildman–Crippen MR) is 61.1 cm³/mol. The van der Waals surface area contributed by atoms with Crippen LogP contribution in [-0.2, 0) is 6.42 Å². The molecular weight excluding hydrogens is 202 g/mol. The summed E-state index contributed by atoms with van der Waals surface area (Å²) >= 11 is 0. The molecule has 3 heteroatoms. The molecule has 1 atom stereocenters. The van der Waals surface area contributed by atoms with Gasteiger partial charge >= 0.3 is 0 Å². The molecule has 1 unspecified atom stereocenters. The van der Waals surface area contributed by atoms with Crippen molar-refractivity contribution in [1.82, 2.24) is 4.98 Å². The Morgan fingerprint density at radius 1 is 1.31 bits per heavy atom. The van der Waals surface area contributed by atoms with Gasteiger partial charge in [0.25, 0.3) is 0 Å². The third-order valence-electron chi connectivity index (χ3n) is 2.46. The molecule has 2 aromatic rings. The first-order valence-electron chi connectivity index (χ1n) is 5.31. The van der Waals surface area contributed by atoms with E-state index < -0.39 is 6.10 Å². The van der Waals surface area contributed by atoms with E-state index in [2.05, 4.69) is 4.98 Å². The van der Waals surface area contributed by atoms with Crippen LogP contribution in [0.4, 0.5) is 0 Å². The van der Waals surface area contributed by atoms with Crippen LogP contribution in [0.2, 0.25) is 0 Å². The summed E-state index contributed by atoms with van der Waals surface area (Å²) < 4.78 is 5.21. The highest BCUT2D eigenvalue weighted by Gasteiger charge is 2.11. The van der Waals surface area contributed by atoms with Crippen LogP contribution >= 0.6 is 0 Å². The average molecular weight is 217 g/mol. The molecule has 2 aromatic heterocycles. The highest BCUT2D eigenvalue weighted by molar-refractivity contribution is 5.23. The van der Waals surface area contributed by atoms with E-state index in [-0.39, 0.29) is 0 Å². The van der Waals surface area contributed by atoms with E-state index in [1.165, 1.54) is 0 Å². The van der Waals surface area contributed by atoms with Gasteiger partial charge in [-0.3, -0.25) is 4.98 Å². The van der Waals surface area contributed by atoms with Crippen LogP contribution in [0.3, 0.4) is 0 Å². The van der Waals surface area contributed by atoms with Crippen LogP contribution < -0.4 is 0 Å². The van der Waals surface area contributed by atoms with Gasteiger partial charge < -0.3 is 9.52 Å². The molecule has 0 bridgehead atoms. The maximum absolute atomic E-state index is 10.1. The van der Waals surface area contributed by atoms with Crippen molar-refractivity contribution in [3.8, 4) is 0 Å². The number of aromatic nitrogens is 1. The molecule has 0 aliphatic heterocycles. The lowest BCUT2D eigenvalue weighted by Crippen LogP contribution is -2.03. The molecule has 0 fully saturated rings. The van der Waals surface area contributed by atoms with Gasteiger partial charge in [-0.15, -0.1) is 0 Å². The number of hydrogen-bond donors (Lipinski definition) is 1. The van der Waals surface area contributed by atoms with Crippen molar-refractivity contribution in [2.45, 2.75) is 26.4 Å². The van der Waals surface area contributed by atoms with E-state index >= 15 is 0 Å². The monoisotopic (exact) mass is 217 g/mol. The van der Waals surface area contributed by atoms with Crippen molar-refractivity contribution in [1.29, 1.82) is 0 Å². The summed E-state index contributed by atoms with van der Waals surface area (Å²) in [6, 6.07) is 7.50. The van der Waals surface area contributed by atoms with Gasteiger partial charge in [-0.25, -0.2) is 0 Å². The summed E-state index contributed by atoms with van der Waals surface area (Å²) in [6.45, 7) is 3.85. The van der Waals surface area contributed by atoms with E-state index in [0.29, 0.717) is 6.42 Å². The number of furan rings is 1. The van der Waals surface area contributed by atoms with E-state index in [9.17, 15) is 5.11 Å². The number of aliphatic hydroxyl groups excluding tert-OH is 1. The summed E-state index contributed by atoms with van der Waals surface area (Å²) in [4.78, 5) is 4.28. The van der Waals surface area contributed by atoms with Crippen molar-refractivity contribution in [2.75, 3.05) is 0 Å². The van der Waals surface area contributed by atoms with Gasteiger partial charge in [0, 0.05) is 17.8 Å². The van der Waals surface area contributed by atoms with Gasteiger partial charge in [0.2, 0.25) is 0 Å². The second-order valence-corrected chi connectivity index (χ2v) is 3.98.